The molecule has 0 aliphatic carbocycles. The van der Waals surface area contributed by atoms with Gasteiger partial charge < -0.3 is 19.9 Å². The molecule has 1 amide bonds. The van der Waals surface area contributed by atoms with Crippen LogP contribution in [0, 0.1) is 5.92 Å². The van der Waals surface area contributed by atoms with Crippen molar-refractivity contribution in [1.29, 1.82) is 0 Å². The van der Waals surface area contributed by atoms with E-state index in [0.29, 0.717) is 13.0 Å². The first-order valence-corrected chi connectivity index (χ1v) is 5.69. The zero-order valence-corrected chi connectivity index (χ0v) is 9.94. The second-order valence-corrected chi connectivity index (χ2v) is 4.27. The van der Waals surface area contributed by atoms with Crippen molar-refractivity contribution >= 4 is 5.91 Å². The van der Waals surface area contributed by atoms with Crippen LogP contribution in [0.1, 0.15) is 19.8 Å². The minimum absolute atomic E-state index is 0.0305. The fraction of sp³-hybridized carbons (Fsp3) is 0.909. The van der Waals surface area contributed by atoms with Crippen LogP contribution in [0.4, 0.5) is 0 Å². The van der Waals surface area contributed by atoms with Crippen LogP contribution in [0.25, 0.3) is 0 Å². The lowest BCUT2D eigenvalue weighted by atomic mass is 10.0. The van der Waals surface area contributed by atoms with Gasteiger partial charge in [-0.2, -0.15) is 0 Å². The largest absolute Gasteiger partial charge is 0.391 e. The Morgan fingerprint density at radius 3 is 2.88 bits per heavy atom. The number of nitrogens with one attached hydrogen (secondary N) is 1. The van der Waals surface area contributed by atoms with E-state index in [0.717, 1.165) is 13.0 Å². The average Bonchev–Trinajstić information content (AvgIpc) is 2.62. The lowest BCUT2D eigenvalue weighted by Gasteiger charge is -2.17. The molecule has 3 atom stereocenters. The predicted octanol–water partition coefficient (Wildman–Crippen LogP) is -0.0750. The third-order valence-electron chi connectivity index (χ3n) is 2.69. The van der Waals surface area contributed by atoms with Crippen molar-refractivity contribution in [2.45, 2.75) is 32.0 Å². The van der Waals surface area contributed by atoms with E-state index in [9.17, 15) is 9.90 Å². The topological polar surface area (TPSA) is 67.8 Å². The highest BCUT2D eigenvalue weighted by atomic mass is 16.5. The molecule has 0 saturated carbocycles. The van der Waals surface area contributed by atoms with E-state index < -0.39 is 6.10 Å². The van der Waals surface area contributed by atoms with Crippen LogP contribution in [-0.4, -0.2) is 50.1 Å². The number of carbonyl (C=O) groups excluding carboxylic acids is 1. The molecular formula is C11H21NO4. The number of methoxy groups -OCH3 is 1. The lowest BCUT2D eigenvalue weighted by molar-refractivity contribution is -0.123. The average molecular weight is 231 g/mol. The van der Waals surface area contributed by atoms with Crippen molar-refractivity contribution in [3.63, 3.8) is 0 Å². The van der Waals surface area contributed by atoms with Gasteiger partial charge in [-0.25, -0.2) is 0 Å². The molecule has 0 aromatic rings. The first kappa shape index (κ1) is 13.4. The molecule has 1 fully saturated rings. The Morgan fingerprint density at radius 1 is 1.56 bits per heavy atom. The molecule has 2 N–H and O–H groups in total. The number of aliphatic hydroxyl groups excluding tert-OH is 1. The molecule has 0 bridgehead atoms. The Kier molecular flexibility index (Phi) is 5.73. The van der Waals surface area contributed by atoms with Crippen molar-refractivity contribution in [2.24, 2.45) is 5.92 Å². The van der Waals surface area contributed by atoms with E-state index in [-0.39, 0.29) is 24.5 Å². The van der Waals surface area contributed by atoms with Gasteiger partial charge in [-0.15, -0.1) is 0 Å². The number of rotatable bonds is 7. The van der Waals surface area contributed by atoms with Gasteiger partial charge in [-0.05, 0) is 19.8 Å². The summed E-state index contributed by atoms with van der Waals surface area (Å²) in [5.41, 5.74) is 0. The number of aliphatic hydroxyl groups is 1. The standard InChI is InChI=1S/C11H21NO4/c1-8(6-15-2)16-7-10(13)5-9-3-4-12-11(9)14/h8-10,13H,3-7H2,1-2H3,(H,12,14). The number of ether oxygens (including phenoxy) is 2. The smallest absolute Gasteiger partial charge is 0.223 e. The van der Waals surface area contributed by atoms with E-state index >= 15 is 0 Å². The van der Waals surface area contributed by atoms with E-state index in [1.807, 2.05) is 6.92 Å². The summed E-state index contributed by atoms with van der Waals surface area (Å²) in [4.78, 5) is 11.3. The summed E-state index contributed by atoms with van der Waals surface area (Å²) in [5, 5.41) is 12.4. The van der Waals surface area contributed by atoms with Crippen molar-refractivity contribution in [1.82, 2.24) is 5.32 Å². The van der Waals surface area contributed by atoms with Gasteiger partial charge in [-0.1, -0.05) is 0 Å². The number of amides is 1. The predicted molar refractivity (Wildman–Crippen MR) is 59.0 cm³/mol. The fourth-order valence-electron chi connectivity index (χ4n) is 1.82. The third kappa shape index (κ3) is 4.47. The maximum absolute atomic E-state index is 11.3. The molecule has 1 heterocycles. The van der Waals surface area contributed by atoms with Gasteiger partial charge in [0.1, 0.15) is 0 Å². The number of hydrogen-bond donors (Lipinski definition) is 2. The van der Waals surface area contributed by atoms with Crippen LogP contribution >= 0.6 is 0 Å². The van der Waals surface area contributed by atoms with Gasteiger partial charge in [0.2, 0.25) is 5.91 Å². The second kappa shape index (κ2) is 6.83. The van der Waals surface area contributed by atoms with E-state index in [1.165, 1.54) is 0 Å². The number of hydrogen-bond acceptors (Lipinski definition) is 4. The van der Waals surface area contributed by atoms with Gasteiger partial charge in [-0.3, -0.25) is 4.79 Å². The molecule has 0 aromatic carbocycles. The molecule has 16 heavy (non-hydrogen) atoms. The molecule has 1 aliphatic rings. The maximum atomic E-state index is 11.3. The Morgan fingerprint density at radius 2 is 2.31 bits per heavy atom. The van der Waals surface area contributed by atoms with E-state index in [2.05, 4.69) is 5.32 Å². The zero-order chi connectivity index (χ0) is 12.0. The molecule has 1 rings (SSSR count). The molecule has 1 saturated heterocycles. The monoisotopic (exact) mass is 231 g/mol. The minimum Gasteiger partial charge on any atom is -0.391 e. The molecule has 1 aliphatic heterocycles. The van der Waals surface area contributed by atoms with Crippen molar-refractivity contribution in [3.8, 4) is 0 Å². The van der Waals surface area contributed by atoms with Crippen LogP contribution in [0.3, 0.4) is 0 Å². The highest BCUT2D eigenvalue weighted by Gasteiger charge is 2.26. The van der Waals surface area contributed by atoms with Crippen molar-refractivity contribution < 1.29 is 19.4 Å². The first-order chi connectivity index (χ1) is 7.63. The summed E-state index contributed by atoms with van der Waals surface area (Å²) >= 11 is 0. The molecule has 3 unspecified atom stereocenters. The van der Waals surface area contributed by atoms with Crippen LogP contribution in [0.5, 0.6) is 0 Å². The van der Waals surface area contributed by atoms with E-state index in [1.54, 1.807) is 7.11 Å². The summed E-state index contributed by atoms with van der Waals surface area (Å²) in [6, 6.07) is 0. The first-order valence-electron chi connectivity index (χ1n) is 5.69. The summed E-state index contributed by atoms with van der Waals surface area (Å²) in [7, 11) is 1.61. The molecule has 0 radical (unpaired) electrons. The lowest BCUT2D eigenvalue weighted by Crippen LogP contribution is -2.27. The number of carbonyl (C=O) groups is 1. The summed E-state index contributed by atoms with van der Waals surface area (Å²) in [5.74, 6) is -0.0136. The van der Waals surface area contributed by atoms with Gasteiger partial charge in [0.15, 0.2) is 0 Å². The molecular weight excluding hydrogens is 210 g/mol. The Balaban J connectivity index is 2.15. The third-order valence-corrected chi connectivity index (χ3v) is 2.69. The van der Waals surface area contributed by atoms with Crippen LogP contribution in [0.2, 0.25) is 0 Å². The van der Waals surface area contributed by atoms with Crippen molar-refractivity contribution in [3.05, 3.63) is 0 Å². The normalized spacial score (nSPS) is 24.2. The van der Waals surface area contributed by atoms with Gasteiger partial charge in [0.25, 0.3) is 0 Å². The quantitative estimate of drug-likeness (QED) is 0.643. The van der Waals surface area contributed by atoms with Gasteiger partial charge in [0.05, 0.1) is 25.4 Å². The molecule has 94 valence electrons. The SMILES string of the molecule is COCC(C)OCC(O)CC1CCNC1=O. The van der Waals surface area contributed by atoms with E-state index in [4.69, 9.17) is 9.47 Å². The Bertz CT molecular complexity index is 222. The molecule has 0 aromatic heterocycles. The summed E-state index contributed by atoms with van der Waals surface area (Å²) in [6.07, 6.45) is 0.680. The van der Waals surface area contributed by atoms with Gasteiger partial charge >= 0.3 is 0 Å². The highest BCUT2D eigenvalue weighted by Crippen LogP contribution is 2.16. The maximum Gasteiger partial charge on any atom is 0.223 e. The molecule has 0 spiro atoms. The summed E-state index contributed by atoms with van der Waals surface area (Å²) < 4.78 is 10.3. The fourth-order valence-corrected chi connectivity index (χ4v) is 1.82. The minimum atomic E-state index is -0.576. The van der Waals surface area contributed by atoms with Crippen LogP contribution < -0.4 is 5.32 Å². The van der Waals surface area contributed by atoms with Gasteiger partial charge in [0, 0.05) is 19.6 Å². The van der Waals surface area contributed by atoms with Crippen LogP contribution in [-0.2, 0) is 14.3 Å². The van der Waals surface area contributed by atoms with Crippen LogP contribution in [0.15, 0.2) is 0 Å². The summed E-state index contributed by atoms with van der Waals surface area (Å²) in [6.45, 7) is 3.38. The Hall–Kier alpha value is -0.650. The highest BCUT2D eigenvalue weighted by molar-refractivity contribution is 5.80. The molecule has 5 heteroatoms. The van der Waals surface area contributed by atoms with Crippen molar-refractivity contribution in [2.75, 3.05) is 26.9 Å². The molecule has 5 nitrogen and oxygen atoms in total. The Labute approximate surface area is 96.1 Å². The second-order valence-electron chi connectivity index (χ2n) is 4.27. The zero-order valence-electron chi connectivity index (χ0n) is 9.94.